The summed E-state index contributed by atoms with van der Waals surface area (Å²) in [5.41, 5.74) is 6.01. The summed E-state index contributed by atoms with van der Waals surface area (Å²) in [6, 6.07) is 4.46. The second-order valence-corrected chi connectivity index (χ2v) is 2.91. The van der Waals surface area contributed by atoms with Crippen LogP contribution in [-0.4, -0.2) is 18.1 Å². The monoisotopic (exact) mass is 257 g/mol. The van der Waals surface area contributed by atoms with Gasteiger partial charge >= 0.3 is 6.36 Å². The Bertz CT molecular complexity index is 316. The molecule has 3 nitrogen and oxygen atoms in total. The molecule has 16 heavy (non-hydrogen) atoms. The number of benzene rings is 1. The van der Waals surface area contributed by atoms with E-state index in [1.165, 1.54) is 12.1 Å². The highest BCUT2D eigenvalue weighted by atomic mass is 35.5. The summed E-state index contributed by atoms with van der Waals surface area (Å²) in [6.45, 7) is -0.264. The van der Waals surface area contributed by atoms with E-state index in [0.717, 1.165) is 12.1 Å². The van der Waals surface area contributed by atoms with Crippen molar-refractivity contribution in [3.63, 3.8) is 0 Å². The van der Waals surface area contributed by atoms with E-state index in [1.54, 1.807) is 0 Å². The molecule has 0 saturated heterocycles. The van der Waals surface area contributed by atoms with Crippen LogP contribution in [0.25, 0.3) is 0 Å². The zero-order chi connectivity index (χ0) is 11.5. The number of ether oxygens (including phenoxy) is 1. The molecule has 0 heterocycles. The number of hydrogen-bond donors (Lipinski definition) is 2. The fourth-order valence-electron chi connectivity index (χ4n) is 1.02. The molecular formula is C9H11ClF3NO2. The van der Waals surface area contributed by atoms with Gasteiger partial charge in [0, 0.05) is 0 Å². The van der Waals surface area contributed by atoms with Crippen molar-refractivity contribution in [3.05, 3.63) is 29.8 Å². The molecule has 0 aliphatic carbocycles. The van der Waals surface area contributed by atoms with Crippen molar-refractivity contribution in [3.8, 4) is 5.75 Å². The summed E-state index contributed by atoms with van der Waals surface area (Å²) in [6.07, 6.45) is -4.69. The Hall–Kier alpha value is -0.980. The smallest absolute Gasteiger partial charge is 0.406 e. The Morgan fingerprint density at radius 3 is 2.12 bits per heavy atom. The summed E-state index contributed by atoms with van der Waals surface area (Å²) >= 11 is 0. The summed E-state index contributed by atoms with van der Waals surface area (Å²) in [7, 11) is 0. The van der Waals surface area contributed by atoms with Gasteiger partial charge in [-0.25, -0.2) is 0 Å². The second kappa shape index (κ2) is 5.93. The van der Waals surface area contributed by atoms with E-state index in [1.807, 2.05) is 0 Å². The zero-order valence-electron chi connectivity index (χ0n) is 8.07. The Morgan fingerprint density at radius 2 is 1.75 bits per heavy atom. The average molecular weight is 258 g/mol. The second-order valence-electron chi connectivity index (χ2n) is 2.91. The van der Waals surface area contributed by atoms with E-state index >= 15 is 0 Å². The van der Waals surface area contributed by atoms with E-state index < -0.39 is 12.4 Å². The lowest BCUT2D eigenvalue weighted by Gasteiger charge is -2.11. The molecule has 92 valence electrons. The van der Waals surface area contributed by atoms with Gasteiger partial charge < -0.3 is 15.6 Å². The maximum atomic E-state index is 11.8. The number of alkyl halides is 3. The van der Waals surface area contributed by atoms with E-state index in [4.69, 9.17) is 10.8 Å². The maximum absolute atomic E-state index is 11.8. The van der Waals surface area contributed by atoms with Gasteiger partial charge in [-0.1, -0.05) is 12.1 Å². The third-order valence-electron chi connectivity index (χ3n) is 1.74. The molecule has 1 atom stereocenters. The molecule has 0 amide bonds. The first-order valence-corrected chi connectivity index (χ1v) is 4.14. The quantitative estimate of drug-likeness (QED) is 0.871. The van der Waals surface area contributed by atoms with Crippen molar-refractivity contribution in [2.75, 3.05) is 6.61 Å². The molecule has 0 bridgehead atoms. The number of halogens is 4. The number of nitrogens with two attached hydrogens (primary N) is 1. The van der Waals surface area contributed by atoms with Crippen LogP contribution in [0.2, 0.25) is 0 Å². The summed E-state index contributed by atoms with van der Waals surface area (Å²) in [5, 5.41) is 8.71. The van der Waals surface area contributed by atoms with Gasteiger partial charge in [-0.15, -0.1) is 25.6 Å². The molecule has 0 radical (unpaired) electrons. The largest absolute Gasteiger partial charge is 0.573 e. The van der Waals surface area contributed by atoms with Gasteiger partial charge in [-0.05, 0) is 17.7 Å². The minimum absolute atomic E-state index is 0. The number of hydrogen-bond acceptors (Lipinski definition) is 3. The molecule has 1 aromatic carbocycles. The van der Waals surface area contributed by atoms with Crippen molar-refractivity contribution in [2.24, 2.45) is 5.73 Å². The normalized spacial score (nSPS) is 12.8. The molecule has 0 saturated carbocycles. The van der Waals surface area contributed by atoms with Crippen LogP contribution in [0.5, 0.6) is 5.75 Å². The van der Waals surface area contributed by atoms with Crippen LogP contribution in [0.1, 0.15) is 11.6 Å². The Kier molecular flexibility index (Phi) is 5.57. The lowest BCUT2D eigenvalue weighted by Crippen LogP contribution is -2.17. The van der Waals surface area contributed by atoms with Crippen LogP contribution in [-0.2, 0) is 0 Å². The van der Waals surface area contributed by atoms with Gasteiger partial charge in [0.2, 0.25) is 0 Å². The summed E-state index contributed by atoms with van der Waals surface area (Å²) in [5.74, 6) is -0.309. The number of aliphatic hydroxyl groups excluding tert-OH is 1. The highest BCUT2D eigenvalue weighted by molar-refractivity contribution is 5.85. The molecule has 0 aromatic heterocycles. The third-order valence-corrected chi connectivity index (χ3v) is 1.74. The topological polar surface area (TPSA) is 55.5 Å². The highest BCUT2D eigenvalue weighted by Crippen LogP contribution is 2.23. The van der Waals surface area contributed by atoms with Gasteiger partial charge in [0.05, 0.1) is 12.6 Å². The standard InChI is InChI=1S/C9H10F3NO2.ClH/c10-9(11,12)15-7-3-1-6(2-4-7)8(13)5-14;/h1-4,8,14H,5,13H2;1H. The van der Waals surface area contributed by atoms with E-state index in [9.17, 15) is 13.2 Å². The van der Waals surface area contributed by atoms with Gasteiger partial charge in [-0.2, -0.15) is 0 Å². The van der Waals surface area contributed by atoms with Crippen molar-refractivity contribution < 1.29 is 23.0 Å². The SMILES string of the molecule is Cl.NC(CO)c1ccc(OC(F)(F)F)cc1. The summed E-state index contributed by atoms with van der Waals surface area (Å²) in [4.78, 5) is 0. The van der Waals surface area contributed by atoms with Crippen molar-refractivity contribution >= 4 is 12.4 Å². The predicted octanol–water partition coefficient (Wildman–Crippen LogP) is 2.00. The molecule has 0 fully saturated rings. The van der Waals surface area contributed by atoms with Crippen LogP contribution in [0.4, 0.5) is 13.2 Å². The summed E-state index contributed by atoms with van der Waals surface area (Å²) < 4.78 is 39.0. The molecule has 0 aliphatic heterocycles. The van der Waals surface area contributed by atoms with Crippen molar-refractivity contribution in [2.45, 2.75) is 12.4 Å². The number of aliphatic hydroxyl groups is 1. The van der Waals surface area contributed by atoms with Crippen LogP contribution in [0.3, 0.4) is 0 Å². The molecule has 3 N–H and O–H groups in total. The first-order valence-electron chi connectivity index (χ1n) is 4.14. The van der Waals surface area contributed by atoms with Gasteiger partial charge in [0.15, 0.2) is 0 Å². The fraction of sp³-hybridized carbons (Fsp3) is 0.333. The van der Waals surface area contributed by atoms with Gasteiger partial charge in [0.1, 0.15) is 5.75 Å². The third kappa shape index (κ3) is 4.69. The average Bonchev–Trinajstić information content (AvgIpc) is 2.15. The molecule has 0 aliphatic rings. The lowest BCUT2D eigenvalue weighted by atomic mass is 10.1. The maximum Gasteiger partial charge on any atom is 0.573 e. The molecule has 1 unspecified atom stereocenters. The van der Waals surface area contributed by atoms with Crippen LogP contribution >= 0.6 is 12.4 Å². The zero-order valence-corrected chi connectivity index (χ0v) is 8.89. The lowest BCUT2D eigenvalue weighted by molar-refractivity contribution is -0.274. The Morgan fingerprint density at radius 1 is 1.25 bits per heavy atom. The Balaban J connectivity index is 0.00000225. The first kappa shape index (κ1) is 15.0. The van der Waals surface area contributed by atoms with Gasteiger partial charge in [-0.3, -0.25) is 0 Å². The molecule has 0 spiro atoms. The van der Waals surface area contributed by atoms with E-state index in [0.29, 0.717) is 5.56 Å². The minimum atomic E-state index is -4.69. The van der Waals surface area contributed by atoms with E-state index in [2.05, 4.69) is 4.74 Å². The predicted molar refractivity (Wildman–Crippen MR) is 54.4 cm³/mol. The first-order chi connectivity index (χ1) is 6.92. The highest BCUT2D eigenvalue weighted by Gasteiger charge is 2.30. The van der Waals surface area contributed by atoms with Crippen LogP contribution in [0.15, 0.2) is 24.3 Å². The van der Waals surface area contributed by atoms with Crippen molar-refractivity contribution in [1.82, 2.24) is 0 Å². The van der Waals surface area contributed by atoms with E-state index in [-0.39, 0.29) is 24.8 Å². The Labute approximate surface area is 96.4 Å². The van der Waals surface area contributed by atoms with Crippen molar-refractivity contribution in [1.29, 1.82) is 0 Å². The number of rotatable bonds is 3. The molecule has 1 rings (SSSR count). The molecule has 1 aromatic rings. The fourth-order valence-corrected chi connectivity index (χ4v) is 1.02. The van der Waals surface area contributed by atoms with Crippen LogP contribution in [0, 0.1) is 0 Å². The van der Waals surface area contributed by atoms with Crippen LogP contribution < -0.4 is 10.5 Å². The molecule has 7 heteroatoms. The molecular weight excluding hydrogens is 247 g/mol. The minimum Gasteiger partial charge on any atom is -0.406 e. The van der Waals surface area contributed by atoms with Gasteiger partial charge in [0.25, 0.3) is 0 Å².